The largest absolute Gasteiger partial charge is 0.348 e. The summed E-state index contributed by atoms with van der Waals surface area (Å²) in [5.74, 6) is 0.0838. The van der Waals surface area contributed by atoms with Crippen molar-refractivity contribution in [2.45, 2.75) is 32.2 Å². The first-order chi connectivity index (χ1) is 13.4. The second-order valence-electron chi connectivity index (χ2n) is 7.10. The highest BCUT2D eigenvalue weighted by atomic mass is 35.5. The molecule has 0 spiro atoms. The summed E-state index contributed by atoms with van der Waals surface area (Å²) >= 11 is 12.1. The molecule has 1 heterocycles. The Morgan fingerprint density at radius 3 is 2.25 bits per heavy atom. The van der Waals surface area contributed by atoms with Crippen molar-refractivity contribution in [1.82, 2.24) is 5.32 Å². The van der Waals surface area contributed by atoms with E-state index in [1.807, 2.05) is 68.5 Å². The highest BCUT2D eigenvalue weighted by Crippen LogP contribution is 2.26. The lowest BCUT2D eigenvalue weighted by Crippen LogP contribution is -3.05. The summed E-state index contributed by atoms with van der Waals surface area (Å²) in [7, 11) is 0. The third kappa shape index (κ3) is 5.44. The molecule has 1 aliphatic heterocycles. The Kier molecular flexibility index (Phi) is 6.89. The minimum atomic E-state index is -0.0559. The Morgan fingerprint density at radius 2 is 1.68 bits per heavy atom. The van der Waals surface area contributed by atoms with Gasteiger partial charge in [0, 0.05) is 35.0 Å². The first-order valence-electron chi connectivity index (χ1n) is 9.29. The first kappa shape index (κ1) is 20.6. The predicted molar refractivity (Wildman–Crippen MR) is 115 cm³/mol. The molecule has 0 bridgehead atoms. The van der Waals surface area contributed by atoms with Crippen LogP contribution < -0.4 is 10.3 Å². The van der Waals surface area contributed by atoms with E-state index >= 15 is 0 Å². The zero-order chi connectivity index (χ0) is 20.1. The van der Waals surface area contributed by atoms with Gasteiger partial charge in [0.1, 0.15) is 5.70 Å². The van der Waals surface area contributed by atoms with E-state index in [0.29, 0.717) is 10.0 Å². The molecular weight excluding hydrogens is 393 g/mol. The van der Waals surface area contributed by atoms with Crippen LogP contribution in [0.2, 0.25) is 10.0 Å². The van der Waals surface area contributed by atoms with Gasteiger partial charge in [-0.3, -0.25) is 4.79 Å². The van der Waals surface area contributed by atoms with E-state index in [9.17, 15) is 4.79 Å². The van der Waals surface area contributed by atoms with Crippen molar-refractivity contribution in [3.05, 3.63) is 81.5 Å². The molecule has 0 aromatic heterocycles. The van der Waals surface area contributed by atoms with Crippen LogP contribution in [0.1, 0.15) is 30.9 Å². The van der Waals surface area contributed by atoms with Gasteiger partial charge in [-0.15, -0.1) is 0 Å². The van der Waals surface area contributed by atoms with Crippen molar-refractivity contribution in [3.63, 3.8) is 0 Å². The summed E-state index contributed by atoms with van der Waals surface area (Å²) in [4.78, 5) is 12.6. The maximum Gasteiger partial charge on any atom is 0.278 e. The van der Waals surface area contributed by atoms with Crippen molar-refractivity contribution in [2.75, 3.05) is 6.54 Å². The second-order valence-corrected chi connectivity index (χ2v) is 7.97. The zero-order valence-electron chi connectivity index (χ0n) is 16.0. The van der Waals surface area contributed by atoms with Gasteiger partial charge in [-0.25, -0.2) is 0 Å². The Morgan fingerprint density at radius 1 is 1.07 bits per heavy atom. The topological polar surface area (TPSA) is 45.9 Å². The van der Waals surface area contributed by atoms with Crippen LogP contribution in [0.4, 0.5) is 0 Å². The van der Waals surface area contributed by atoms with E-state index in [2.05, 4.69) is 10.4 Å². The maximum absolute atomic E-state index is 12.6. The molecular formula is C22H24Cl2N3O+. The van der Waals surface area contributed by atoms with Crippen LogP contribution >= 0.6 is 23.2 Å². The average molecular weight is 417 g/mol. The van der Waals surface area contributed by atoms with Crippen molar-refractivity contribution in [2.24, 2.45) is 5.10 Å². The zero-order valence-corrected chi connectivity index (χ0v) is 17.5. The van der Waals surface area contributed by atoms with Gasteiger partial charge in [0.25, 0.3) is 5.91 Å². The van der Waals surface area contributed by atoms with Gasteiger partial charge in [0.2, 0.25) is 0 Å². The van der Waals surface area contributed by atoms with Gasteiger partial charge in [0.15, 0.2) is 6.54 Å². The number of hydrogen-bond acceptors (Lipinski definition) is 2. The minimum absolute atomic E-state index is 0.0237. The molecule has 0 saturated heterocycles. The number of nitrogens with one attached hydrogen (secondary N) is 2. The highest BCUT2D eigenvalue weighted by molar-refractivity contribution is 6.30. The van der Waals surface area contributed by atoms with Crippen molar-refractivity contribution in [1.29, 1.82) is 0 Å². The lowest BCUT2D eigenvalue weighted by molar-refractivity contribution is -0.856. The minimum Gasteiger partial charge on any atom is -0.348 e. The first-order valence-corrected chi connectivity index (χ1v) is 10.0. The van der Waals surface area contributed by atoms with Gasteiger partial charge < -0.3 is 5.32 Å². The number of halogens is 2. The number of rotatable bonds is 7. The molecule has 0 aliphatic carbocycles. The smallest absolute Gasteiger partial charge is 0.278 e. The Bertz CT molecular complexity index is 876. The fraction of sp³-hybridized carbons (Fsp3) is 0.273. The van der Waals surface area contributed by atoms with Gasteiger partial charge in [-0.05, 0) is 48.7 Å². The Balaban J connectivity index is 1.74. The van der Waals surface area contributed by atoms with Crippen LogP contribution in [0.5, 0.6) is 0 Å². The summed E-state index contributed by atoms with van der Waals surface area (Å²) in [5.41, 5.74) is 3.34. The fourth-order valence-electron chi connectivity index (χ4n) is 3.35. The Labute approximate surface area is 175 Å². The summed E-state index contributed by atoms with van der Waals surface area (Å²) < 4.78 is 0. The molecule has 0 fully saturated rings. The van der Waals surface area contributed by atoms with E-state index in [1.165, 1.54) is 5.56 Å². The van der Waals surface area contributed by atoms with Crippen molar-refractivity contribution < 1.29 is 9.80 Å². The normalized spacial score (nSPS) is 17.9. The quantitative estimate of drug-likeness (QED) is 0.711. The van der Waals surface area contributed by atoms with Crippen molar-refractivity contribution >= 4 is 35.3 Å². The lowest BCUT2D eigenvalue weighted by Gasteiger charge is -2.26. The van der Waals surface area contributed by atoms with E-state index in [-0.39, 0.29) is 24.4 Å². The molecule has 28 heavy (non-hydrogen) atoms. The summed E-state index contributed by atoms with van der Waals surface area (Å²) in [6.07, 6.45) is 4.44. The number of hydrogen-bond donors (Lipinski definition) is 2. The molecule has 2 aromatic rings. The highest BCUT2D eigenvalue weighted by Gasteiger charge is 2.25. The number of carbonyl (C=O) groups excluding carboxylic acids is 1. The third-order valence-corrected chi connectivity index (χ3v) is 5.50. The lowest BCUT2D eigenvalue weighted by atomic mass is 9.86. The molecule has 146 valence electrons. The van der Waals surface area contributed by atoms with Crippen LogP contribution in [0.3, 0.4) is 0 Å². The van der Waals surface area contributed by atoms with Crippen LogP contribution in [-0.4, -0.2) is 24.7 Å². The summed E-state index contributed by atoms with van der Waals surface area (Å²) in [5, 5.41) is 9.65. The molecule has 0 radical (unpaired) electrons. The molecule has 2 N–H and O–H groups in total. The van der Waals surface area contributed by atoms with Crippen LogP contribution in [0.15, 0.2) is 65.4 Å². The molecule has 1 amide bonds. The number of quaternary nitrogens is 1. The standard InChI is InChI=1S/C22H23Cl2N3O/c1-15-11-12-25-27(15)14-22(28)26-16(2)21(18-5-9-20(24)10-6-18)13-17-3-7-19(23)8-4-17/h3-12,16,21H,13-14H2,1-2H3,(H,26,28)/p+1/t16-,21+/m1/s1. The number of benzene rings is 2. The van der Waals surface area contributed by atoms with E-state index in [0.717, 1.165) is 22.7 Å². The molecule has 0 saturated carbocycles. The van der Waals surface area contributed by atoms with E-state index in [4.69, 9.17) is 23.2 Å². The monoisotopic (exact) mass is 416 g/mol. The second kappa shape index (κ2) is 9.37. The van der Waals surface area contributed by atoms with Crippen molar-refractivity contribution in [3.8, 4) is 0 Å². The number of carbonyl (C=O) groups is 1. The number of allylic oxidation sites excluding steroid dienone is 2. The molecule has 3 atom stereocenters. The van der Waals surface area contributed by atoms with Crippen LogP contribution in [-0.2, 0) is 11.2 Å². The van der Waals surface area contributed by atoms with E-state index in [1.54, 1.807) is 6.21 Å². The van der Waals surface area contributed by atoms with Gasteiger partial charge in [0.05, 0.1) is 6.21 Å². The number of amides is 1. The molecule has 4 nitrogen and oxygen atoms in total. The number of nitrogens with zero attached hydrogens (tertiary/aromatic N) is 1. The molecule has 1 aliphatic rings. The molecule has 6 heteroatoms. The summed E-state index contributed by atoms with van der Waals surface area (Å²) in [6, 6.07) is 15.6. The SMILES string of the molecule is CC1=CC=N[NH+]1CC(=O)N[C@H](C)[C@H](Cc1ccc(Cl)cc1)c1ccc(Cl)cc1. The predicted octanol–water partition coefficient (Wildman–Crippen LogP) is 3.61. The average Bonchev–Trinajstić information content (AvgIpc) is 3.06. The fourth-order valence-corrected chi connectivity index (χ4v) is 3.60. The van der Waals surface area contributed by atoms with Crippen LogP contribution in [0, 0.1) is 0 Å². The summed E-state index contributed by atoms with van der Waals surface area (Å²) in [6.45, 7) is 4.30. The maximum atomic E-state index is 12.6. The third-order valence-electron chi connectivity index (χ3n) is 5.00. The van der Waals surface area contributed by atoms with E-state index < -0.39 is 0 Å². The Hall–Kier alpha value is -2.14. The van der Waals surface area contributed by atoms with Gasteiger partial charge in [-0.2, -0.15) is 5.01 Å². The van der Waals surface area contributed by atoms with Gasteiger partial charge >= 0.3 is 0 Å². The van der Waals surface area contributed by atoms with Crippen LogP contribution in [0.25, 0.3) is 0 Å². The molecule has 2 aromatic carbocycles. The van der Waals surface area contributed by atoms with Gasteiger partial charge in [-0.1, -0.05) is 52.6 Å². The molecule has 1 unspecified atom stereocenters. The molecule has 3 rings (SSSR count).